The summed E-state index contributed by atoms with van der Waals surface area (Å²) in [5, 5.41) is 2.86. The van der Waals surface area contributed by atoms with Gasteiger partial charge in [0.25, 0.3) is 5.91 Å². The Balaban J connectivity index is 2.07. The number of hydrogen-bond acceptors (Lipinski definition) is 3. The SMILES string of the molecule is COC1CCCC1NC(=O)c1cc(N)cc(F)c1. The molecule has 5 heteroatoms. The van der Waals surface area contributed by atoms with E-state index in [1.165, 1.54) is 18.2 Å². The summed E-state index contributed by atoms with van der Waals surface area (Å²) >= 11 is 0. The molecule has 1 aliphatic carbocycles. The first kappa shape index (κ1) is 12.8. The molecule has 4 nitrogen and oxygen atoms in total. The number of amides is 1. The van der Waals surface area contributed by atoms with Gasteiger partial charge in [-0.05, 0) is 37.5 Å². The lowest BCUT2D eigenvalue weighted by molar-refractivity contribution is 0.0722. The zero-order valence-corrected chi connectivity index (χ0v) is 10.3. The van der Waals surface area contributed by atoms with Crippen LogP contribution in [0.1, 0.15) is 29.6 Å². The van der Waals surface area contributed by atoms with E-state index in [1.807, 2.05) is 0 Å². The van der Waals surface area contributed by atoms with E-state index in [0.717, 1.165) is 19.3 Å². The van der Waals surface area contributed by atoms with Gasteiger partial charge in [-0.2, -0.15) is 0 Å². The third kappa shape index (κ3) is 2.79. The molecular formula is C13H17FN2O2. The van der Waals surface area contributed by atoms with Gasteiger partial charge < -0.3 is 15.8 Å². The summed E-state index contributed by atoms with van der Waals surface area (Å²) in [5.41, 5.74) is 6.00. The first-order valence-electron chi connectivity index (χ1n) is 6.00. The molecule has 1 aliphatic rings. The highest BCUT2D eigenvalue weighted by atomic mass is 19.1. The second-order valence-corrected chi connectivity index (χ2v) is 4.56. The fourth-order valence-corrected chi connectivity index (χ4v) is 2.37. The number of anilines is 1. The summed E-state index contributed by atoms with van der Waals surface area (Å²) in [6.07, 6.45) is 2.89. The molecule has 2 atom stereocenters. The highest BCUT2D eigenvalue weighted by Gasteiger charge is 2.28. The molecule has 0 aliphatic heterocycles. The molecule has 1 amide bonds. The molecule has 0 aromatic heterocycles. The molecule has 0 spiro atoms. The minimum Gasteiger partial charge on any atom is -0.399 e. The molecule has 1 aromatic rings. The van der Waals surface area contributed by atoms with Crippen molar-refractivity contribution in [1.82, 2.24) is 5.32 Å². The van der Waals surface area contributed by atoms with Crippen molar-refractivity contribution in [3.63, 3.8) is 0 Å². The van der Waals surface area contributed by atoms with Crippen LogP contribution >= 0.6 is 0 Å². The molecule has 1 fully saturated rings. The van der Waals surface area contributed by atoms with Crippen LogP contribution in [0.15, 0.2) is 18.2 Å². The van der Waals surface area contributed by atoms with Crippen LogP contribution in [0.2, 0.25) is 0 Å². The Hall–Kier alpha value is -1.62. The number of carbonyl (C=O) groups is 1. The summed E-state index contributed by atoms with van der Waals surface area (Å²) in [5.74, 6) is -0.815. The quantitative estimate of drug-likeness (QED) is 0.805. The standard InChI is InChI=1S/C13H17FN2O2/c1-18-12-4-2-3-11(12)16-13(17)8-5-9(14)7-10(15)6-8/h5-7,11-12H,2-4,15H2,1H3,(H,16,17). The Kier molecular flexibility index (Phi) is 3.81. The zero-order chi connectivity index (χ0) is 13.1. The van der Waals surface area contributed by atoms with Gasteiger partial charge in [-0.1, -0.05) is 0 Å². The van der Waals surface area contributed by atoms with E-state index < -0.39 is 5.82 Å². The molecule has 0 bridgehead atoms. The summed E-state index contributed by atoms with van der Waals surface area (Å²) in [6.45, 7) is 0. The average molecular weight is 252 g/mol. The number of nitrogen functional groups attached to an aromatic ring is 1. The lowest BCUT2D eigenvalue weighted by atomic mass is 10.1. The molecule has 3 N–H and O–H groups in total. The maximum absolute atomic E-state index is 13.2. The second kappa shape index (κ2) is 5.35. The van der Waals surface area contributed by atoms with E-state index in [-0.39, 0.29) is 29.3 Å². The van der Waals surface area contributed by atoms with Crippen LogP contribution in [0.3, 0.4) is 0 Å². The number of hydrogen-bond donors (Lipinski definition) is 2. The Morgan fingerprint density at radius 1 is 1.44 bits per heavy atom. The van der Waals surface area contributed by atoms with Crippen LogP contribution in [-0.4, -0.2) is 25.2 Å². The molecule has 1 saturated carbocycles. The van der Waals surface area contributed by atoms with E-state index in [0.29, 0.717) is 0 Å². The van der Waals surface area contributed by atoms with Crippen LogP contribution in [0.25, 0.3) is 0 Å². The third-order valence-electron chi connectivity index (χ3n) is 3.25. The Labute approximate surface area is 105 Å². The molecule has 2 unspecified atom stereocenters. The van der Waals surface area contributed by atoms with Crippen LogP contribution in [0, 0.1) is 5.82 Å². The Bertz CT molecular complexity index is 430. The fourth-order valence-electron chi connectivity index (χ4n) is 2.37. The fraction of sp³-hybridized carbons (Fsp3) is 0.462. The summed E-state index contributed by atoms with van der Waals surface area (Å²) in [4.78, 5) is 12.0. The van der Waals surface area contributed by atoms with Crippen molar-refractivity contribution in [2.45, 2.75) is 31.4 Å². The highest BCUT2D eigenvalue weighted by Crippen LogP contribution is 2.22. The highest BCUT2D eigenvalue weighted by molar-refractivity contribution is 5.95. The largest absolute Gasteiger partial charge is 0.399 e. The van der Waals surface area contributed by atoms with E-state index in [2.05, 4.69) is 5.32 Å². The summed E-state index contributed by atoms with van der Waals surface area (Å²) < 4.78 is 18.5. The van der Waals surface area contributed by atoms with Crippen molar-refractivity contribution in [1.29, 1.82) is 0 Å². The first-order valence-corrected chi connectivity index (χ1v) is 6.00. The Morgan fingerprint density at radius 2 is 2.22 bits per heavy atom. The number of nitrogens with one attached hydrogen (secondary N) is 1. The molecule has 0 heterocycles. The maximum Gasteiger partial charge on any atom is 0.251 e. The Morgan fingerprint density at radius 3 is 2.89 bits per heavy atom. The normalized spacial score (nSPS) is 23.0. The van der Waals surface area contributed by atoms with Crippen LogP contribution in [-0.2, 0) is 4.74 Å². The van der Waals surface area contributed by atoms with E-state index in [1.54, 1.807) is 7.11 Å². The molecule has 98 valence electrons. The number of halogens is 1. The van der Waals surface area contributed by atoms with Crippen molar-refractivity contribution in [2.24, 2.45) is 0 Å². The number of benzene rings is 1. The van der Waals surface area contributed by atoms with Gasteiger partial charge in [0.05, 0.1) is 12.1 Å². The smallest absolute Gasteiger partial charge is 0.251 e. The molecular weight excluding hydrogens is 235 g/mol. The summed E-state index contributed by atoms with van der Waals surface area (Å²) in [6, 6.07) is 3.83. The maximum atomic E-state index is 13.2. The molecule has 18 heavy (non-hydrogen) atoms. The number of methoxy groups -OCH3 is 1. The van der Waals surface area contributed by atoms with Gasteiger partial charge in [-0.15, -0.1) is 0 Å². The predicted octanol–water partition coefficient (Wildman–Crippen LogP) is 1.71. The van der Waals surface area contributed by atoms with Crippen LogP contribution in [0.4, 0.5) is 10.1 Å². The van der Waals surface area contributed by atoms with Gasteiger partial charge in [-0.25, -0.2) is 4.39 Å². The number of rotatable bonds is 3. The second-order valence-electron chi connectivity index (χ2n) is 4.56. The minimum atomic E-state index is -0.505. The van der Waals surface area contributed by atoms with Crippen molar-refractivity contribution in [3.8, 4) is 0 Å². The van der Waals surface area contributed by atoms with Gasteiger partial charge in [0, 0.05) is 18.4 Å². The molecule has 1 aromatic carbocycles. The average Bonchev–Trinajstić information content (AvgIpc) is 2.75. The van der Waals surface area contributed by atoms with Gasteiger partial charge in [0.2, 0.25) is 0 Å². The monoisotopic (exact) mass is 252 g/mol. The molecule has 0 radical (unpaired) electrons. The number of nitrogens with two attached hydrogens (primary N) is 1. The van der Waals surface area contributed by atoms with E-state index >= 15 is 0 Å². The van der Waals surface area contributed by atoms with Crippen LogP contribution in [0.5, 0.6) is 0 Å². The predicted molar refractivity (Wildman–Crippen MR) is 66.7 cm³/mol. The van der Waals surface area contributed by atoms with Crippen LogP contribution < -0.4 is 11.1 Å². The molecule has 0 saturated heterocycles. The van der Waals surface area contributed by atoms with E-state index in [4.69, 9.17) is 10.5 Å². The topological polar surface area (TPSA) is 64.3 Å². The lowest BCUT2D eigenvalue weighted by Gasteiger charge is -2.19. The van der Waals surface area contributed by atoms with Crippen molar-refractivity contribution < 1.29 is 13.9 Å². The zero-order valence-electron chi connectivity index (χ0n) is 10.3. The summed E-state index contributed by atoms with van der Waals surface area (Å²) in [7, 11) is 1.63. The minimum absolute atomic E-state index is 0.00741. The van der Waals surface area contributed by atoms with Gasteiger partial charge in [-0.3, -0.25) is 4.79 Å². The van der Waals surface area contributed by atoms with Gasteiger partial charge in [0.15, 0.2) is 0 Å². The third-order valence-corrected chi connectivity index (χ3v) is 3.25. The first-order chi connectivity index (χ1) is 8.60. The number of ether oxygens (including phenoxy) is 1. The lowest BCUT2D eigenvalue weighted by Crippen LogP contribution is -2.40. The van der Waals surface area contributed by atoms with Crippen molar-refractivity contribution in [2.75, 3.05) is 12.8 Å². The van der Waals surface area contributed by atoms with Crippen molar-refractivity contribution >= 4 is 11.6 Å². The molecule has 2 rings (SSSR count). The van der Waals surface area contributed by atoms with Gasteiger partial charge >= 0.3 is 0 Å². The van der Waals surface area contributed by atoms with E-state index in [9.17, 15) is 9.18 Å². The van der Waals surface area contributed by atoms with Crippen molar-refractivity contribution in [3.05, 3.63) is 29.6 Å². The number of carbonyl (C=O) groups excluding carboxylic acids is 1. The van der Waals surface area contributed by atoms with Gasteiger partial charge in [0.1, 0.15) is 5.82 Å².